The van der Waals surface area contributed by atoms with E-state index in [0.29, 0.717) is 52.7 Å². The maximum absolute atomic E-state index is 13.4. The molecule has 0 saturated carbocycles. The van der Waals surface area contributed by atoms with Crippen LogP contribution >= 0.6 is 0 Å². The number of hydrogen-bond acceptors (Lipinski definition) is 7. The van der Waals surface area contributed by atoms with Gasteiger partial charge >= 0.3 is 6.18 Å². The van der Waals surface area contributed by atoms with Crippen LogP contribution in [0.25, 0.3) is 28.1 Å². The summed E-state index contributed by atoms with van der Waals surface area (Å²) in [4.78, 5) is 18.5. The van der Waals surface area contributed by atoms with Crippen molar-refractivity contribution in [3.8, 4) is 17.8 Å². The zero-order chi connectivity index (χ0) is 28.1. The number of benzene rings is 3. The van der Waals surface area contributed by atoms with Crippen LogP contribution in [0.5, 0.6) is 5.75 Å². The SMILES string of the molecule is N#Cc1ccc2ncn(-c3ncc4nc(Nc5cccc(C(F)(F)F)c5)n([C@@H]5CCOc6ccccc65)c4n3)c2c1. The van der Waals surface area contributed by atoms with E-state index in [1.54, 1.807) is 41.4 Å². The Hall–Kier alpha value is -5.44. The second-order valence-corrected chi connectivity index (χ2v) is 9.51. The summed E-state index contributed by atoms with van der Waals surface area (Å²) in [6, 6.07) is 19.6. The summed E-state index contributed by atoms with van der Waals surface area (Å²) in [5.74, 6) is 1.34. The fraction of sp³-hybridized carbons (Fsp3) is 0.138. The number of halogens is 3. The number of nitriles is 1. The van der Waals surface area contributed by atoms with Crippen molar-refractivity contribution in [1.29, 1.82) is 5.26 Å². The minimum absolute atomic E-state index is 0.231. The van der Waals surface area contributed by atoms with Crippen molar-refractivity contribution >= 4 is 33.8 Å². The van der Waals surface area contributed by atoms with Crippen molar-refractivity contribution in [2.24, 2.45) is 0 Å². The maximum Gasteiger partial charge on any atom is 0.416 e. The molecule has 9 nitrogen and oxygen atoms in total. The van der Waals surface area contributed by atoms with Gasteiger partial charge in [-0.1, -0.05) is 24.3 Å². The summed E-state index contributed by atoms with van der Waals surface area (Å²) in [7, 11) is 0. The molecular formula is C29H19F3N8O. The third-order valence-corrected chi connectivity index (χ3v) is 7.00. The average Bonchev–Trinajstić information content (AvgIpc) is 3.56. The number of anilines is 2. The van der Waals surface area contributed by atoms with E-state index in [4.69, 9.17) is 14.7 Å². The molecule has 7 rings (SSSR count). The number of hydrogen-bond donors (Lipinski definition) is 1. The highest BCUT2D eigenvalue weighted by molar-refractivity contribution is 5.80. The first kappa shape index (κ1) is 24.6. The van der Waals surface area contributed by atoms with Crippen LogP contribution in [0, 0.1) is 11.3 Å². The van der Waals surface area contributed by atoms with E-state index >= 15 is 0 Å². The zero-order valence-electron chi connectivity index (χ0n) is 21.2. The Morgan fingerprint density at radius 2 is 1.85 bits per heavy atom. The molecular weight excluding hydrogens is 533 g/mol. The minimum Gasteiger partial charge on any atom is -0.493 e. The Morgan fingerprint density at radius 3 is 2.71 bits per heavy atom. The van der Waals surface area contributed by atoms with Crippen molar-refractivity contribution in [1.82, 2.24) is 29.1 Å². The molecule has 4 heterocycles. The van der Waals surface area contributed by atoms with E-state index < -0.39 is 11.7 Å². The molecule has 0 fully saturated rings. The second-order valence-electron chi connectivity index (χ2n) is 9.51. The van der Waals surface area contributed by atoms with Crippen molar-refractivity contribution in [3.05, 3.63) is 95.9 Å². The number of aromatic nitrogens is 6. The molecule has 1 aliphatic rings. The number of alkyl halides is 3. The molecule has 0 bridgehead atoms. The molecule has 6 aromatic rings. The van der Waals surface area contributed by atoms with Crippen molar-refractivity contribution in [3.63, 3.8) is 0 Å². The van der Waals surface area contributed by atoms with Crippen molar-refractivity contribution in [2.45, 2.75) is 18.6 Å². The van der Waals surface area contributed by atoms with Crippen LogP contribution in [0.2, 0.25) is 0 Å². The molecule has 1 N–H and O–H groups in total. The quantitative estimate of drug-likeness (QED) is 0.279. The molecule has 3 aromatic carbocycles. The molecule has 0 saturated heterocycles. The summed E-state index contributed by atoms with van der Waals surface area (Å²) < 4.78 is 49.8. The van der Waals surface area contributed by atoms with E-state index in [-0.39, 0.29) is 11.7 Å². The summed E-state index contributed by atoms with van der Waals surface area (Å²) in [6.45, 7) is 0.436. The molecule has 1 atom stereocenters. The first-order valence-corrected chi connectivity index (χ1v) is 12.7. The molecule has 41 heavy (non-hydrogen) atoms. The molecule has 0 amide bonds. The summed E-state index contributed by atoms with van der Waals surface area (Å²) >= 11 is 0. The molecule has 0 unspecified atom stereocenters. The smallest absolute Gasteiger partial charge is 0.416 e. The van der Waals surface area contributed by atoms with Gasteiger partial charge < -0.3 is 10.1 Å². The van der Waals surface area contributed by atoms with Gasteiger partial charge in [0.1, 0.15) is 17.6 Å². The third kappa shape index (κ3) is 4.28. The third-order valence-electron chi connectivity index (χ3n) is 7.00. The lowest BCUT2D eigenvalue weighted by Gasteiger charge is -2.28. The molecule has 0 spiro atoms. The van der Waals surface area contributed by atoms with Gasteiger partial charge in [0.25, 0.3) is 0 Å². The molecule has 0 aliphatic carbocycles. The second kappa shape index (κ2) is 9.34. The van der Waals surface area contributed by atoms with Crippen LogP contribution in [-0.4, -0.2) is 35.7 Å². The van der Waals surface area contributed by atoms with Crippen molar-refractivity contribution < 1.29 is 17.9 Å². The summed E-state index contributed by atoms with van der Waals surface area (Å²) in [5, 5.41) is 12.5. The van der Waals surface area contributed by atoms with E-state index in [9.17, 15) is 18.4 Å². The van der Waals surface area contributed by atoms with Crippen LogP contribution in [0.3, 0.4) is 0 Å². The fourth-order valence-electron chi connectivity index (χ4n) is 5.11. The highest BCUT2D eigenvalue weighted by Gasteiger charge is 2.31. The average molecular weight is 553 g/mol. The predicted molar refractivity (Wildman–Crippen MR) is 144 cm³/mol. The highest BCUT2D eigenvalue weighted by Crippen LogP contribution is 2.39. The zero-order valence-corrected chi connectivity index (χ0v) is 21.2. The van der Waals surface area contributed by atoms with Crippen molar-refractivity contribution in [2.75, 3.05) is 11.9 Å². The number of ether oxygens (including phenoxy) is 1. The molecule has 3 aromatic heterocycles. The molecule has 202 valence electrons. The van der Waals surface area contributed by atoms with Crippen LogP contribution in [0.4, 0.5) is 24.8 Å². The predicted octanol–water partition coefficient (Wildman–Crippen LogP) is 6.17. The van der Waals surface area contributed by atoms with Gasteiger partial charge in [0.05, 0.1) is 47.1 Å². The Balaban J connectivity index is 1.41. The molecule has 0 radical (unpaired) electrons. The van der Waals surface area contributed by atoms with E-state index in [1.807, 2.05) is 28.8 Å². The Kier molecular flexibility index (Phi) is 5.60. The lowest BCUT2D eigenvalue weighted by atomic mass is 10.0. The van der Waals surface area contributed by atoms with Gasteiger partial charge in [0, 0.05) is 17.7 Å². The molecule has 12 heteroatoms. The number of fused-ring (bicyclic) bond motifs is 3. The van der Waals surface area contributed by atoms with Gasteiger partial charge in [-0.3, -0.25) is 9.13 Å². The van der Waals surface area contributed by atoms with Crippen LogP contribution in [0.15, 0.2) is 79.3 Å². The highest BCUT2D eigenvalue weighted by atomic mass is 19.4. The van der Waals surface area contributed by atoms with E-state index in [2.05, 4.69) is 21.4 Å². The standard InChI is InChI=1S/C29H19F3N8O/c30-29(31,32)18-4-3-5-19(13-18)36-28-37-22-15-34-27(39-16-35-21-9-8-17(14-33)12-24(21)39)38-26(22)40(28)23-10-11-41-25-7-2-1-6-20(23)25/h1-9,12-13,15-16,23H,10-11H2,(H,36,37)/t23-/m1/s1. The Morgan fingerprint density at radius 1 is 0.976 bits per heavy atom. The number of imidazole rings is 2. The van der Waals surface area contributed by atoms with Gasteiger partial charge in [0.2, 0.25) is 11.9 Å². The van der Waals surface area contributed by atoms with E-state index in [0.717, 1.165) is 23.4 Å². The van der Waals surface area contributed by atoms with Gasteiger partial charge in [0.15, 0.2) is 5.65 Å². The van der Waals surface area contributed by atoms with Crippen LogP contribution in [-0.2, 0) is 6.18 Å². The van der Waals surface area contributed by atoms with E-state index in [1.165, 1.54) is 6.07 Å². The maximum atomic E-state index is 13.4. The Bertz CT molecular complexity index is 1990. The largest absolute Gasteiger partial charge is 0.493 e. The lowest BCUT2D eigenvalue weighted by molar-refractivity contribution is -0.137. The Labute approximate surface area is 230 Å². The fourth-order valence-corrected chi connectivity index (χ4v) is 5.11. The number of nitrogens with zero attached hydrogens (tertiary/aromatic N) is 7. The van der Waals surface area contributed by atoms with Crippen LogP contribution in [0.1, 0.15) is 29.2 Å². The first-order chi connectivity index (χ1) is 19.9. The topological polar surface area (TPSA) is 106 Å². The normalized spacial score (nSPS) is 14.9. The summed E-state index contributed by atoms with van der Waals surface area (Å²) in [6.07, 6.45) is -0.759. The molecule has 1 aliphatic heterocycles. The van der Waals surface area contributed by atoms with Gasteiger partial charge in [-0.15, -0.1) is 0 Å². The number of para-hydroxylation sites is 1. The van der Waals surface area contributed by atoms with Gasteiger partial charge in [-0.2, -0.15) is 23.4 Å². The lowest BCUT2D eigenvalue weighted by Crippen LogP contribution is -2.22. The minimum atomic E-state index is -4.49. The number of rotatable bonds is 4. The number of nitrogens with one attached hydrogen (secondary N) is 1. The van der Waals surface area contributed by atoms with Gasteiger partial charge in [-0.25, -0.2) is 15.0 Å². The first-order valence-electron chi connectivity index (χ1n) is 12.7. The van der Waals surface area contributed by atoms with Crippen LogP contribution < -0.4 is 10.1 Å². The monoisotopic (exact) mass is 552 g/mol. The summed E-state index contributed by atoms with van der Waals surface area (Å²) in [5.41, 5.74) is 3.09. The van der Waals surface area contributed by atoms with Gasteiger partial charge in [-0.05, 0) is 42.5 Å².